The van der Waals surface area contributed by atoms with E-state index in [4.69, 9.17) is 0 Å². The molecule has 0 aliphatic rings. The van der Waals surface area contributed by atoms with Crippen LogP contribution in [0.25, 0.3) is 0 Å². The fourth-order valence-electron chi connectivity index (χ4n) is 1.43. The maximum Gasteiger partial charge on any atom is 0.149 e. The number of thiazole rings is 1. The van der Waals surface area contributed by atoms with Crippen molar-refractivity contribution < 1.29 is 0 Å². The van der Waals surface area contributed by atoms with Crippen LogP contribution in [0.4, 0.5) is 5.82 Å². The van der Waals surface area contributed by atoms with E-state index in [1.165, 1.54) is 4.88 Å². The SMILES string of the molecule is CSc1ccc(NCc2nc(C)sc2C)nn1. The highest BCUT2D eigenvalue weighted by molar-refractivity contribution is 7.98. The molecule has 17 heavy (non-hydrogen) atoms. The van der Waals surface area contributed by atoms with Gasteiger partial charge in [-0.25, -0.2) is 4.98 Å². The molecule has 0 aromatic carbocycles. The van der Waals surface area contributed by atoms with Gasteiger partial charge in [0.25, 0.3) is 0 Å². The fourth-order valence-corrected chi connectivity index (χ4v) is 2.59. The van der Waals surface area contributed by atoms with Gasteiger partial charge in [-0.05, 0) is 32.2 Å². The van der Waals surface area contributed by atoms with Gasteiger partial charge in [-0.3, -0.25) is 0 Å². The van der Waals surface area contributed by atoms with Crippen LogP contribution in [0.1, 0.15) is 15.6 Å². The Labute approximate surface area is 109 Å². The molecule has 0 bridgehead atoms. The van der Waals surface area contributed by atoms with Crippen LogP contribution in [-0.4, -0.2) is 21.4 Å². The summed E-state index contributed by atoms with van der Waals surface area (Å²) >= 11 is 3.31. The van der Waals surface area contributed by atoms with Crippen LogP contribution in [0.2, 0.25) is 0 Å². The second-order valence-electron chi connectivity index (χ2n) is 3.55. The average Bonchev–Trinajstić information content (AvgIpc) is 2.66. The van der Waals surface area contributed by atoms with Gasteiger partial charge in [0.05, 0.1) is 17.2 Å². The normalized spacial score (nSPS) is 10.5. The Morgan fingerprint density at radius 1 is 1.29 bits per heavy atom. The molecule has 0 atom stereocenters. The van der Waals surface area contributed by atoms with E-state index >= 15 is 0 Å². The van der Waals surface area contributed by atoms with Gasteiger partial charge in [0.2, 0.25) is 0 Å². The molecule has 0 aliphatic carbocycles. The summed E-state index contributed by atoms with van der Waals surface area (Å²) in [5, 5.41) is 13.4. The number of hydrogen-bond acceptors (Lipinski definition) is 6. The van der Waals surface area contributed by atoms with E-state index < -0.39 is 0 Å². The molecule has 0 fully saturated rings. The monoisotopic (exact) mass is 266 g/mol. The van der Waals surface area contributed by atoms with Crippen LogP contribution in [0.5, 0.6) is 0 Å². The lowest BCUT2D eigenvalue weighted by Gasteiger charge is -2.03. The summed E-state index contributed by atoms with van der Waals surface area (Å²) in [5.41, 5.74) is 1.09. The van der Waals surface area contributed by atoms with Crippen molar-refractivity contribution in [1.29, 1.82) is 0 Å². The fraction of sp³-hybridized carbons (Fsp3) is 0.364. The van der Waals surface area contributed by atoms with Gasteiger partial charge in [-0.15, -0.1) is 33.3 Å². The minimum atomic E-state index is 0.698. The molecule has 90 valence electrons. The highest BCUT2D eigenvalue weighted by Crippen LogP contribution is 2.17. The van der Waals surface area contributed by atoms with Gasteiger partial charge in [0.15, 0.2) is 0 Å². The van der Waals surface area contributed by atoms with Crippen LogP contribution < -0.4 is 5.32 Å². The van der Waals surface area contributed by atoms with Gasteiger partial charge in [0.1, 0.15) is 10.8 Å². The Morgan fingerprint density at radius 2 is 2.12 bits per heavy atom. The quantitative estimate of drug-likeness (QED) is 0.862. The molecule has 6 heteroatoms. The van der Waals surface area contributed by atoms with Crippen molar-refractivity contribution in [2.75, 3.05) is 11.6 Å². The Kier molecular flexibility index (Phi) is 3.96. The average molecular weight is 266 g/mol. The lowest BCUT2D eigenvalue weighted by molar-refractivity contribution is 0.914. The summed E-state index contributed by atoms with van der Waals surface area (Å²) in [4.78, 5) is 5.72. The third-order valence-corrected chi connectivity index (χ3v) is 3.85. The lowest BCUT2D eigenvalue weighted by Crippen LogP contribution is -2.03. The van der Waals surface area contributed by atoms with Gasteiger partial charge in [-0.1, -0.05) is 0 Å². The second-order valence-corrected chi connectivity index (χ2v) is 5.78. The topological polar surface area (TPSA) is 50.7 Å². The van der Waals surface area contributed by atoms with Crippen LogP contribution in [0, 0.1) is 13.8 Å². The first-order valence-corrected chi connectivity index (χ1v) is 7.27. The van der Waals surface area contributed by atoms with E-state index in [1.54, 1.807) is 23.1 Å². The number of aromatic nitrogens is 3. The smallest absolute Gasteiger partial charge is 0.149 e. The molecule has 0 aliphatic heterocycles. The summed E-state index contributed by atoms with van der Waals surface area (Å²) in [6.07, 6.45) is 1.98. The van der Waals surface area contributed by atoms with Crippen molar-refractivity contribution in [2.24, 2.45) is 0 Å². The van der Waals surface area contributed by atoms with E-state index in [0.717, 1.165) is 21.5 Å². The molecule has 2 aromatic rings. The Bertz CT molecular complexity index is 493. The molecule has 0 saturated carbocycles. The zero-order valence-corrected chi connectivity index (χ0v) is 11.7. The van der Waals surface area contributed by atoms with Crippen LogP contribution in [0.3, 0.4) is 0 Å². The first kappa shape index (κ1) is 12.3. The standard InChI is InChI=1S/C11H14N4S2/c1-7-9(13-8(2)17-7)6-12-10-4-5-11(16-3)15-14-10/h4-5H,6H2,1-3H3,(H,12,14). The highest BCUT2D eigenvalue weighted by Gasteiger charge is 2.04. The van der Waals surface area contributed by atoms with Crippen LogP contribution >= 0.6 is 23.1 Å². The zero-order chi connectivity index (χ0) is 12.3. The van der Waals surface area contributed by atoms with E-state index in [9.17, 15) is 0 Å². The summed E-state index contributed by atoms with van der Waals surface area (Å²) < 4.78 is 0. The van der Waals surface area contributed by atoms with Crippen LogP contribution in [0.15, 0.2) is 17.2 Å². The zero-order valence-electron chi connectivity index (χ0n) is 10.0. The molecule has 2 rings (SSSR count). The maximum atomic E-state index is 4.46. The lowest BCUT2D eigenvalue weighted by atomic mass is 10.4. The summed E-state index contributed by atoms with van der Waals surface area (Å²) in [6.45, 7) is 4.81. The Morgan fingerprint density at radius 3 is 2.65 bits per heavy atom. The summed E-state index contributed by atoms with van der Waals surface area (Å²) in [5.74, 6) is 0.785. The van der Waals surface area contributed by atoms with E-state index in [1.807, 2.05) is 25.3 Å². The molecule has 2 heterocycles. The van der Waals surface area contributed by atoms with Crippen molar-refractivity contribution >= 4 is 28.9 Å². The molecular weight excluding hydrogens is 252 g/mol. The molecular formula is C11H14N4S2. The predicted octanol–water partition coefficient (Wildman–Crippen LogP) is 2.88. The van der Waals surface area contributed by atoms with E-state index in [2.05, 4.69) is 27.4 Å². The molecule has 0 radical (unpaired) electrons. The van der Waals surface area contributed by atoms with Gasteiger partial charge in [-0.2, -0.15) is 0 Å². The van der Waals surface area contributed by atoms with Crippen molar-refractivity contribution in [3.05, 3.63) is 27.7 Å². The van der Waals surface area contributed by atoms with Crippen molar-refractivity contribution in [1.82, 2.24) is 15.2 Å². The number of nitrogens with one attached hydrogen (secondary N) is 1. The van der Waals surface area contributed by atoms with E-state index in [-0.39, 0.29) is 0 Å². The Balaban J connectivity index is 1.99. The molecule has 1 N–H and O–H groups in total. The minimum Gasteiger partial charge on any atom is -0.363 e. The molecule has 0 spiro atoms. The molecule has 0 amide bonds. The first-order chi connectivity index (χ1) is 8.19. The number of nitrogens with zero attached hydrogens (tertiary/aromatic N) is 3. The third kappa shape index (κ3) is 3.17. The van der Waals surface area contributed by atoms with Gasteiger partial charge in [0, 0.05) is 4.88 Å². The number of rotatable bonds is 4. The van der Waals surface area contributed by atoms with Gasteiger partial charge < -0.3 is 5.32 Å². The van der Waals surface area contributed by atoms with Crippen LogP contribution in [-0.2, 0) is 6.54 Å². The second kappa shape index (κ2) is 5.46. The van der Waals surface area contributed by atoms with Crippen molar-refractivity contribution in [3.63, 3.8) is 0 Å². The van der Waals surface area contributed by atoms with E-state index in [0.29, 0.717) is 6.54 Å². The molecule has 0 saturated heterocycles. The molecule has 0 unspecified atom stereocenters. The number of thioether (sulfide) groups is 1. The highest BCUT2D eigenvalue weighted by atomic mass is 32.2. The number of hydrogen-bond donors (Lipinski definition) is 1. The third-order valence-electron chi connectivity index (χ3n) is 2.29. The molecule has 4 nitrogen and oxygen atoms in total. The summed E-state index contributed by atoms with van der Waals surface area (Å²) in [7, 11) is 0. The largest absolute Gasteiger partial charge is 0.363 e. The first-order valence-electron chi connectivity index (χ1n) is 5.23. The van der Waals surface area contributed by atoms with Crippen molar-refractivity contribution in [3.8, 4) is 0 Å². The summed E-state index contributed by atoms with van der Waals surface area (Å²) in [6, 6.07) is 3.90. The minimum absolute atomic E-state index is 0.698. The molecule has 2 aromatic heterocycles. The van der Waals surface area contributed by atoms with Crippen molar-refractivity contribution in [2.45, 2.75) is 25.4 Å². The predicted molar refractivity (Wildman–Crippen MR) is 72.7 cm³/mol. The number of aryl methyl sites for hydroxylation is 2. The Hall–Kier alpha value is -1.14. The maximum absolute atomic E-state index is 4.46. The number of anilines is 1. The van der Waals surface area contributed by atoms with Gasteiger partial charge >= 0.3 is 0 Å².